The zero-order chi connectivity index (χ0) is 16.2. The van der Waals surface area contributed by atoms with Gasteiger partial charge in [-0.25, -0.2) is 0 Å². The molecule has 0 aromatic carbocycles. The smallest absolute Gasteiger partial charge is 0.222 e. The fourth-order valence-corrected chi connectivity index (χ4v) is 2.82. The molecular weight excluding hydrogens is 278 g/mol. The molecule has 1 heterocycles. The molecule has 22 heavy (non-hydrogen) atoms. The van der Waals surface area contributed by atoms with Crippen LogP contribution in [-0.2, 0) is 9.59 Å². The topological polar surface area (TPSA) is 75.4 Å². The average molecular weight is 311 g/mol. The SMILES string of the molecule is CC1CCN(C(=O)CCCCCNC(=O)CCCCCN)C1. The van der Waals surface area contributed by atoms with Crippen LogP contribution in [0.15, 0.2) is 0 Å². The van der Waals surface area contributed by atoms with E-state index in [-0.39, 0.29) is 5.91 Å². The summed E-state index contributed by atoms with van der Waals surface area (Å²) in [6.45, 7) is 5.49. The number of nitrogens with two attached hydrogens (primary N) is 1. The first-order chi connectivity index (χ1) is 10.6. The second kappa shape index (κ2) is 11.5. The van der Waals surface area contributed by atoms with Gasteiger partial charge in [-0.05, 0) is 44.6 Å². The summed E-state index contributed by atoms with van der Waals surface area (Å²) in [5.74, 6) is 1.09. The normalized spacial score (nSPS) is 17.7. The third-order valence-corrected chi connectivity index (χ3v) is 4.27. The van der Waals surface area contributed by atoms with Crippen molar-refractivity contribution < 1.29 is 9.59 Å². The maximum atomic E-state index is 12.0. The molecule has 1 rings (SSSR count). The highest BCUT2D eigenvalue weighted by Gasteiger charge is 2.22. The van der Waals surface area contributed by atoms with E-state index in [1.165, 1.54) is 0 Å². The Labute approximate surface area is 135 Å². The van der Waals surface area contributed by atoms with Gasteiger partial charge in [0.2, 0.25) is 11.8 Å². The van der Waals surface area contributed by atoms with Gasteiger partial charge in [-0.3, -0.25) is 9.59 Å². The van der Waals surface area contributed by atoms with Crippen molar-refractivity contribution in [2.75, 3.05) is 26.2 Å². The standard InChI is InChI=1S/C17H33N3O2/c1-15-10-13-20(14-15)17(22)9-5-3-7-12-19-16(21)8-4-2-6-11-18/h15H,2-14,18H2,1H3,(H,19,21). The quantitative estimate of drug-likeness (QED) is 0.573. The van der Waals surface area contributed by atoms with E-state index in [4.69, 9.17) is 5.73 Å². The first-order valence-corrected chi connectivity index (χ1v) is 8.88. The van der Waals surface area contributed by atoms with Crippen LogP contribution in [-0.4, -0.2) is 42.9 Å². The van der Waals surface area contributed by atoms with Crippen LogP contribution in [0.3, 0.4) is 0 Å². The molecular formula is C17H33N3O2. The van der Waals surface area contributed by atoms with Gasteiger partial charge in [0.05, 0.1) is 0 Å². The fourth-order valence-electron chi connectivity index (χ4n) is 2.82. The number of carbonyl (C=O) groups excluding carboxylic acids is 2. The van der Waals surface area contributed by atoms with Gasteiger partial charge in [-0.1, -0.05) is 19.8 Å². The van der Waals surface area contributed by atoms with Gasteiger partial charge in [0, 0.05) is 32.5 Å². The van der Waals surface area contributed by atoms with E-state index >= 15 is 0 Å². The molecule has 1 saturated heterocycles. The van der Waals surface area contributed by atoms with Crippen molar-refractivity contribution in [1.82, 2.24) is 10.2 Å². The summed E-state index contributed by atoms with van der Waals surface area (Å²) in [4.78, 5) is 25.5. The van der Waals surface area contributed by atoms with E-state index in [0.29, 0.717) is 31.2 Å². The van der Waals surface area contributed by atoms with Crippen molar-refractivity contribution in [1.29, 1.82) is 0 Å². The summed E-state index contributed by atoms with van der Waals surface area (Å²) in [6, 6.07) is 0. The molecule has 1 fully saturated rings. The van der Waals surface area contributed by atoms with Crippen LogP contribution in [0.1, 0.15) is 64.7 Å². The summed E-state index contributed by atoms with van der Waals surface area (Å²) < 4.78 is 0. The summed E-state index contributed by atoms with van der Waals surface area (Å²) in [5.41, 5.74) is 5.41. The highest BCUT2D eigenvalue weighted by molar-refractivity contribution is 5.76. The Morgan fingerprint density at radius 1 is 1.09 bits per heavy atom. The fraction of sp³-hybridized carbons (Fsp3) is 0.882. The van der Waals surface area contributed by atoms with Crippen LogP contribution in [0.25, 0.3) is 0 Å². The zero-order valence-corrected chi connectivity index (χ0v) is 14.1. The molecule has 1 atom stereocenters. The van der Waals surface area contributed by atoms with Gasteiger partial charge in [-0.2, -0.15) is 0 Å². The monoisotopic (exact) mass is 311 g/mol. The van der Waals surface area contributed by atoms with Gasteiger partial charge >= 0.3 is 0 Å². The lowest BCUT2D eigenvalue weighted by atomic mass is 10.1. The van der Waals surface area contributed by atoms with E-state index in [1.807, 2.05) is 4.90 Å². The number of amides is 2. The maximum absolute atomic E-state index is 12.0. The van der Waals surface area contributed by atoms with Crippen molar-refractivity contribution >= 4 is 11.8 Å². The predicted molar refractivity (Wildman–Crippen MR) is 89.4 cm³/mol. The molecule has 0 aromatic rings. The highest BCUT2D eigenvalue weighted by Crippen LogP contribution is 2.16. The van der Waals surface area contributed by atoms with Crippen molar-refractivity contribution in [2.45, 2.75) is 64.7 Å². The van der Waals surface area contributed by atoms with Gasteiger partial charge in [-0.15, -0.1) is 0 Å². The van der Waals surface area contributed by atoms with Gasteiger partial charge < -0.3 is 16.0 Å². The van der Waals surface area contributed by atoms with E-state index in [2.05, 4.69) is 12.2 Å². The predicted octanol–water partition coefficient (Wildman–Crippen LogP) is 2.05. The lowest BCUT2D eigenvalue weighted by Crippen LogP contribution is -2.28. The Balaban J connectivity index is 1.90. The Hall–Kier alpha value is -1.10. The van der Waals surface area contributed by atoms with Crippen LogP contribution in [0.4, 0.5) is 0 Å². The Bertz CT molecular complexity index is 334. The van der Waals surface area contributed by atoms with Crippen LogP contribution >= 0.6 is 0 Å². The molecule has 1 aliphatic rings. The molecule has 0 aliphatic carbocycles. The second-order valence-electron chi connectivity index (χ2n) is 6.49. The molecule has 1 unspecified atom stereocenters. The molecule has 5 heteroatoms. The molecule has 0 aromatic heterocycles. The molecule has 3 N–H and O–H groups in total. The minimum atomic E-state index is 0.138. The van der Waals surface area contributed by atoms with Gasteiger partial charge in [0.25, 0.3) is 0 Å². The number of hydrogen-bond acceptors (Lipinski definition) is 3. The first-order valence-electron chi connectivity index (χ1n) is 8.88. The number of carbonyl (C=O) groups is 2. The number of nitrogens with one attached hydrogen (secondary N) is 1. The number of rotatable bonds is 11. The summed E-state index contributed by atoms with van der Waals surface area (Å²) in [5, 5.41) is 2.94. The van der Waals surface area contributed by atoms with Crippen LogP contribution in [0.5, 0.6) is 0 Å². The zero-order valence-electron chi connectivity index (χ0n) is 14.1. The molecule has 2 amide bonds. The first kappa shape index (κ1) is 18.9. The van der Waals surface area contributed by atoms with Crippen LogP contribution in [0, 0.1) is 5.92 Å². The van der Waals surface area contributed by atoms with Crippen molar-refractivity contribution in [3.05, 3.63) is 0 Å². The Morgan fingerprint density at radius 3 is 2.50 bits per heavy atom. The molecule has 0 radical (unpaired) electrons. The molecule has 0 bridgehead atoms. The number of nitrogens with zero attached hydrogens (tertiary/aromatic N) is 1. The lowest BCUT2D eigenvalue weighted by molar-refractivity contribution is -0.130. The summed E-state index contributed by atoms with van der Waals surface area (Å²) in [7, 11) is 0. The lowest BCUT2D eigenvalue weighted by Gasteiger charge is -2.15. The molecule has 0 saturated carbocycles. The number of likely N-dealkylation sites (tertiary alicyclic amines) is 1. The minimum absolute atomic E-state index is 0.138. The van der Waals surface area contributed by atoms with Crippen molar-refractivity contribution in [3.8, 4) is 0 Å². The number of unbranched alkanes of at least 4 members (excludes halogenated alkanes) is 4. The van der Waals surface area contributed by atoms with Crippen molar-refractivity contribution in [3.63, 3.8) is 0 Å². The molecule has 0 spiro atoms. The van der Waals surface area contributed by atoms with Crippen molar-refractivity contribution in [2.24, 2.45) is 11.7 Å². The maximum Gasteiger partial charge on any atom is 0.222 e. The highest BCUT2D eigenvalue weighted by atomic mass is 16.2. The summed E-state index contributed by atoms with van der Waals surface area (Å²) in [6.07, 6.45) is 8.23. The van der Waals surface area contributed by atoms with E-state index in [9.17, 15) is 9.59 Å². The van der Waals surface area contributed by atoms with E-state index in [1.54, 1.807) is 0 Å². The second-order valence-corrected chi connectivity index (χ2v) is 6.49. The third kappa shape index (κ3) is 8.37. The third-order valence-electron chi connectivity index (χ3n) is 4.27. The van der Waals surface area contributed by atoms with Gasteiger partial charge in [0.15, 0.2) is 0 Å². The average Bonchev–Trinajstić information content (AvgIpc) is 2.93. The minimum Gasteiger partial charge on any atom is -0.356 e. The summed E-state index contributed by atoms with van der Waals surface area (Å²) >= 11 is 0. The van der Waals surface area contributed by atoms with E-state index in [0.717, 1.165) is 64.6 Å². The van der Waals surface area contributed by atoms with Crippen LogP contribution in [0.2, 0.25) is 0 Å². The van der Waals surface area contributed by atoms with E-state index < -0.39 is 0 Å². The van der Waals surface area contributed by atoms with Crippen LogP contribution < -0.4 is 11.1 Å². The Kier molecular flexibility index (Phi) is 9.87. The largest absolute Gasteiger partial charge is 0.356 e. The van der Waals surface area contributed by atoms with Gasteiger partial charge in [0.1, 0.15) is 0 Å². The Morgan fingerprint density at radius 2 is 1.82 bits per heavy atom. The molecule has 128 valence electrons. The number of hydrogen-bond donors (Lipinski definition) is 2. The molecule has 5 nitrogen and oxygen atoms in total. The molecule has 1 aliphatic heterocycles.